The number of nitrogens with one attached hydrogen (secondary N) is 1. The monoisotopic (exact) mass is 290 g/mol. The molecule has 0 saturated carbocycles. The fraction of sp³-hybridized carbons (Fsp3) is 0.688. The highest BCUT2D eigenvalue weighted by molar-refractivity contribution is 5.48. The zero-order valence-electron chi connectivity index (χ0n) is 12.8. The number of ether oxygens (including phenoxy) is 1. The third-order valence-electron chi connectivity index (χ3n) is 4.28. The van der Waals surface area contributed by atoms with E-state index in [9.17, 15) is 0 Å². The quantitative estimate of drug-likeness (QED) is 0.886. The van der Waals surface area contributed by atoms with Gasteiger partial charge in [-0.3, -0.25) is 9.88 Å². The largest absolute Gasteiger partial charge is 0.491 e. The molecule has 0 aliphatic carbocycles. The molecule has 1 aromatic heterocycles. The van der Waals surface area contributed by atoms with Crippen molar-refractivity contribution in [3.63, 3.8) is 0 Å². The molecule has 2 fully saturated rings. The predicted octanol–water partition coefficient (Wildman–Crippen LogP) is 1.36. The van der Waals surface area contributed by atoms with Gasteiger partial charge in [-0.1, -0.05) is 0 Å². The van der Waals surface area contributed by atoms with Crippen LogP contribution >= 0.6 is 0 Å². The molecule has 0 radical (unpaired) electrons. The molecular weight excluding hydrogens is 264 g/mol. The van der Waals surface area contributed by atoms with Crippen LogP contribution in [0.3, 0.4) is 0 Å². The van der Waals surface area contributed by atoms with Crippen molar-refractivity contribution in [3.8, 4) is 5.75 Å². The zero-order valence-corrected chi connectivity index (χ0v) is 12.8. The standard InChI is InChI=1S/C16H26N4O/c1-2-7-19(6-1)10-11-21-16-12-15(13-18-14-16)20-8-3-4-17-5-9-20/h12-14,17H,1-11H2. The normalized spacial score (nSPS) is 20.5. The van der Waals surface area contributed by atoms with Gasteiger partial charge < -0.3 is 15.0 Å². The minimum atomic E-state index is 0.757. The molecule has 21 heavy (non-hydrogen) atoms. The van der Waals surface area contributed by atoms with E-state index < -0.39 is 0 Å². The number of likely N-dealkylation sites (tertiary alicyclic amines) is 1. The van der Waals surface area contributed by atoms with Crippen LogP contribution in [0.15, 0.2) is 18.5 Å². The first-order chi connectivity index (χ1) is 10.4. The summed E-state index contributed by atoms with van der Waals surface area (Å²) in [5.41, 5.74) is 1.18. The Morgan fingerprint density at radius 3 is 2.86 bits per heavy atom. The van der Waals surface area contributed by atoms with E-state index in [0.717, 1.165) is 45.1 Å². The van der Waals surface area contributed by atoms with Crippen molar-refractivity contribution in [1.29, 1.82) is 0 Å². The molecule has 1 aromatic rings. The minimum absolute atomic E-state index is 0.757. The number of anilines is 1. The molecule has 3 rings (SSSR count). The topological polar surface area (TPSA) is 40.6 Å². The average molecular weight is 290 g/mol. The molecule has 2 aliphatic heterocycles. The van der Waals surface area contributed by atoms with Gasteiger partial charge in [0.15, 0.2) is 0 Å². The third kappa shape index (κ3) is 4.32. The molecule has 0 amide bonds. The lowest BCUT2D eigenvalue weighted by molar-refractivity contribution is 0.237. The van der Waals surface area contributed by atoms with Crippen LogP contribution in [0.2, 0.25) is 0 Å². The van der Waals surface area contributed by atoms with Crippen LogP contribution in [-0.2, 0) is 0 Å². The molecule has 3 heterocycles. The number of rotatable bonds is 5. The van der Waals surface area contributed by atoms with Crippen LogP contribution in [0.25, 0.3) is 0 Å². The lowest BCUT2D eigenvalue weighted by Gasteiger charge is -2.22. The van der Waals surface area contributed by atoms with Crippen molar-refractivity contribution in [2.45, 2.75) is 19.3 Å². The molecule has 0 bridgehead atoms. The van der Waals surface area contributed by atoms with E-state index >= 15 is 0 Å². The summed E-state index contributed by atoms with van der Waals surface area (Å²) in [7, 11) is 0. The van der Waals surface area contributed by atoms with Gasteiger partial charge in [0.05, 0.1) is 18.1 Å². The van der Waals surface area contributed by atoms with Gasteiger partial charge >= 0.3 is 0 Å². The SMILES string of the molecule is c1ncc(N2CCCNCC2)cc1OCCN1CCCC1. The smallest absolute Gasteiger partial charge is 0.139 e. The summed E-state index contributed by atoms with van der Waals surface area (Å²) in [6.45, 7) is 8.51. The minimum Gasteiger partial charge on any atom is -0.491 e. The zero-order chi connectivity index (χ0) is 14.3. The number of hydrogen-bond donors (Lipinski definition) is 1. The number of hydrogen-bond acceptors (Lipinski definition) is 5. The highest BCUT2D eigenvalue weighted by atomic mass is 16.5. The fourth-order valence-corrected chi connectivity index (χ4v) is 3.06. The number of nitrogens with zero attached hydrogens (tertiary/aromatic N) is 3. The average Bonchev–Trinajstić information content (AvgIpc) is 2.88. The first-order valence-electron chi connectivity index (χ1n) is 8.18. The number of pyridine rings is 1. The molecule has 2 aliphatic rings. The summed E-state index contributed by atoms with van der Waals surface area (Å²) in [6, 6.07) is 2.13. The molecule has 5 heteroatoms. The lowest BCUT2D eigenvalue weighted by Crippen LogP contribution is -2.28. The Bertz CT molecular complexity index is 426. The van der Waals surface area contributed by atoms with Crippen molar-refractivity contribution >= 4 is 5.69 Å². The Balaban J connectivity index is 1.52. The van der Waals surface area contributed by atoms with E-state index in [2.05, 4.69) is 26.2 Å². The fourth-order valence-electron chi connectivity index (χ4n) is 3.06. The number of aromatic nitrogens is 1. The molecule has 116 valence electrons. The van der Waals surface area contributed by atoms with E-state index in [0.29, 0.717) is 0 Å². The van der Waals surface area contributed by atoms with Crippen molar-refractivity contribution in [2.24, 2.45) is 0 Å². The molecule has 5 nitrogen and oxygen atoms in total. The van der Waals surface area contributed by atoms with E-state index in [-0.39, 0.29) is 0 Å². The van der Waals surface area contributed by atoms with E-state index in [1.165, 1.54) is 38.0 Å². The Labute approximate surface area is 127 Å². The second-order valence-corrected chi connectivity index (χ2v) is 5.87. The van der Waals surface area contributed by atoms with Crippen molar-refractivity contribution in [2.75, 3.05) is 57.3 Å². The molecular formula is C16H26N4O. The van der Waals surface area contributed by atoms with Crippen LogP contribution in [0, 0.1) is 0 Å². The van der Waals surface area contributed by atoms with E-state index in [4.69, 9.17) is 4.74 Å². The van der Waals surface area contributed by atoms with Gasteiger partial charge in [0.2, 0.25) is 0 Å². The first kappa shape index (κ1) is 14.6. The third-order valence-corrected chi connectivity index (χ3v) is 4.28. The van der Waals surface area contributed by atoms with Crippen molar-refractivity contribution in [1.82, 2.24) is 15.2 Å². The maximum Gasteiger partial charge on any atom is 0.139 e. The van der Waals surface area contributed by atoms with E-state index in [1.807, 2.05) is 12.4 Å². The molecule has 2 saturated heterocycles. The van der Waals surface area contributed by atoms with Crippen LogP contribution < -0.4 is 15.0 Å². The second-order valence-electron chi connectivity index (χ2n) is 5.87. The molecule has 1 N–H and O–H groups in total. The molecule has 0 atom stereocenters. The first-order valence-corrected chi connectivity index (χ1v) is 8.18. The molecule has 0 aromatic carbocycles. The maximum absolute atomic E-state index is 5.88. The summed E-state index contributed by atoms with van der Waals surface area (Å²) >= 11 is 0. The van der Waals surface area contributed by atoms with Gasteiger partial charge in [-0.05, 0) is 38.9 Å². The van der Waals surface area contributed by atoms with Gasteiger partial charge in [0, 0.05) is 32.2 Å². The van der Waals surface area contributed by atoms with E-state index in [1.54, 1.807) is 0 Å². The van der Waals surface area contributed by atoms with Crippen molar-refractivity contribution < 1.29 is 4.74 Å². The molecule has 0 unspecified atom stereocenters. The summed E-state index contributed by atoms with van der Waals surface area (Å²) < 4.78 is 5.88. The Morgan fingerprint density at radius 2 is 1.95 bits per heavy atom. The summed E-state index contributed by atoms with van der Waals surface area (Å²) in [4.78, 5) is 9.20. The van der Waals surface area contributed by atoms with Gasteiger partial charge in [-0.25, -0.2) is 0 Å². The van der Waals surface area contributed by atoms with Gasteiger partial charge in [0.1, 0.15) is 12.4 Å². The highest BCUT2D eigenvalue weighted by Gasteiger charge is 2.12. The van der Waals surface area contributed by atoms with Crippen LogP contribution in [0.4, 0.5) is 5.69 Å². The Kier molecular flexibility index (Phi) is 5.29. The van der Waals surface area contributed by atoms with Crippen LogP contribution in [0.5, 0.6) is 5.75 Å². The Morgan fingerprint density at radius 1 is 1.05 bits per heavy atom. The van der Waals surface area contributed by atoms with Gasteiger partial charge in [-0.15, -0.1) is 0 Å². The summed E-state index contributed by atoms with van der Waals surface area (Å²) in [5, 5.41) is 3.43. The lowest BCUT2D eigenvalue weighted by atomic mass is 10.3. The second kappa shape index (κ2) is 7.61. The van der Waals surface area contributed by atoms with Gasteiger partial charge in [-0.2, -0.15) is 0 Å². The maximum atomic E-state index is 5.88. The summed E-state index contributed by atoms with van der Waals surface area (Å²) in [6.07, 6.45) is 7.61. The predicted molar refractivity (Wildman–Crippen MR) is 85.1 cm³/mol. The van der Waals surface area contributed by atoms with Crippen molar-refractivity contribution in [3.05, 3.63) is 18.5 Å². The highest BCUT2D eigenvalue weighted by Crippen LogP contribution is 2.20. The van der Waals surface area contributed by atoms with Crippen LogP contribution in [0.1, 0.15) is 19.3 Å². The summed E-state index contributed by atoms with van der Waals surface area (Å²) in [5.74, 6) is 0.893. The molecule has 0 spiro atoms. The Hall–Kier alpha value is -1.33. The van der Waals surface area contributed by atoms with Gasteiger partial charge in [0.25, 0.3) is 0 Å². The van der Waals surface area contributed by atoms with Crippen LogP contribution in [-0.4, -0.2) is 62.3 Å².